The lowest BCUT2D eigenvalue weighted by Crippen LogP contribution is -2.33. The smallest absolute Gasteiger partial charge is 0.0732 e. The third-order valence-corrected chi connectivity index (χ3v) is 4.55. The van der Waals surface area contributed by atoms with E-state index in [1.807, 2.05) is 0 Å². The molecule has 2 nitrogen and oxygen atoms in total. The third kappa shape index (κ3) is 1.89. The summed E-state index contributed by atoms with van der Waals surface area (Å²) in [5, 5.41) is 4.96. The van der Waals surface area contributed by atoms with E-state index in [1.165, 1.54) is 22.2 Å². The van der Waals surface area contributed by atoms with Gasteiger partial charge in [0, 0.05) is 28.8 Å². The molecule has 1 aliphatic rings. The summed E-state index contributed by atoms with van der Waals surface area (Å²) in [5.41, 5.74) is 4.02. The first kappa shape index (κ1) is 12.2. The first-order valence-corrected chi connectivity index (χ1v) is 7.69. The van der Waals surface area contributed by atoms with Gasteiger partial charge in [0.05, 0.1) is 6.04 Å². The van der Waals surface area contributed by atoms with E-state index in [2.05, 4.69) is 80.4 Å². The number of benzene rings is 2. The first-order valence-electron chi connectivity index (χ1n) is 6.90. The summed E-state index contributed by atoms with van der Waals surface area (Å²) in [4.78, 5) is 0. The lowest BCUT2D eigenvalue weighted by Gasteiger charge is -2.27. The molecule has 4 rings (SSSR count). The average Bonchev–Trinajstić information content (AvgIpc) is 2.87. The minimum absolute atomic E-state index is 0.282. The van der Waals surface area contributed by atoms with Gasteiger partial charge in [-0.1, -0.05) is 46.3 Å². The molecule has 1 aromatic heterocycles. The molecule has 0 amide bonds. The summed E-state index contributed by atoms with van der Waals surface area (Å²) in [6.07, 6.45) is 0. The van der Waals surface area contributed by atoms with Crippen LogP contribution in [-0.2, 0) is 6.54 Å². The van der Waals surface area contributed by atoms with Gasteiger partial charge >= 0.3 is 0 Å². The van der Waals surface area contributed by atoms with Crippen LogP contribution in [0.25, 0.3) is 10.9 Å². The Kier molecular flexibility index (Phi) is 2.90. The summed E-state index contributed by atoms with van der Waals surface area (Å²) >= 11 is 3.50. The van der Waals surface area contributed by atoms with Crippen molar-refractivity contribution in [2.24, 2.45) is 0 Å². The van der Waals surface area contributed by atoms with Crippen LogP contribution in [0.1, 0.15) is 17.3 Å². The predicted molar refractivity (Wildman–Crippen MR) is 85.9 cm³/mol. The second kappa shape index (κ2) is 4.76. The maximum absolute atomic E-state index is 3.64. The van der Waals surface area contributed by atoms with Gasteiger partial charge in [0.15, 0.2) is 0 Å². The van der Waals surface area contributed by atoms with Crippen molar-refractivity contribution in [1.29, 1.82) is 0 Å². The molecule has 1 aliphatic heterocycles. The van der Waals surface area contributed by atoms with Crippen LogP contribution >= 0.6 is 15.9 Å². The van der Waals surface area contributed by atoms with Gasteiger partial charge in [-0.3, -0.25) is 0 Å². The largest absolute Gasteiger partial charge is 0.341 e. The van der Waals surface area contributed by atoms with Crippen LogP contribution in [0.5, 0.6) is 0 Å². The van der Waals surface area contributed by atoms with E-state index < -0.39 is 0 Å². The molecule has 0 saturated carbocycles. The number of hydrogen-bond donors (Lipinski definition) is 1. The van der Waals surface area contributed by atoms with Gasteiger partial charge in [0.2, 0.25) is 0 Å². The molecule has 1 atom stereocenters. The highest BCUT2D eigenvalue weighted by Gasteiger charge is 2.23. The lowest BCUT2D eigenvalue weighted by molar-refractivity contribution is 0.475. The zero-order valence-corrected chi connectivity index (χ0v) is 12.6. The Bertz CT molecular complexity index is 758. The molecule has 0 bridgehead atoms. The van der Waals surface area contributed by atoms with Crippen molar-refractivity contribution in [3.63, 3.8) is 0 Å². The third-order valence-electron chi connectivity index (χ3n) is 4.03. The Balaban J connectivity index is 1.87. The Morgan fingerprint density at radius 3 is 2.70 bits per heavy atom. The van der Waals surface area contributed by atoms with E-state index in [1.54, 1.807) is 0 Å². The van der Waals surface area contributed by atoms with Crippen molar-refractivity contribution < 1.29 is 0 Å². The molecule has 3 aromatic rings. The molecule has 1 N–H and O–H groups in total. The van der Waals surface area contributed by atoms with E-state index >= 15 is 0 Å². The van der Waals surface area contributed by atoms with E-state index in [4.69, 9.17) is 0 Å². The summed E-state index contributed by atoms with van der Waals surface area (Å²) in [5.74, 6) is 0. The highest BCUT2D eigenvalue weighted by Crippen LogP contribution is 2.31. The number of rotatable bonds is 1. The quantitative estimate of drug-likeness (QED) is 0.712. The fourth-order valence-corrected chi connectivity index (χ4v) is 3.35. The fourth-order valence-electron chi connectivity index (χ4n) is 3.09. The first-order chi connectivity index (χ1) is 9.83. The molecule has 2 aromatic carbocycles. The molecule has 20 heavy (non-hydrogen) atoms. The van der Waals surface area contributed by atoms with E-state index in [0.717, 1.165) is 17.6 Å². The van der Waals surface area contributed by atoms with Crippen LogP contribution in [0.2, 0.25) is 0 Å². The standard InChI is InChI=1S/C17H15BrN2/c18-14-7-5-12(6-8-14)17-16-11-13-3-1-2-4-15(13)20(16)10-9-19-17/h1-8,11,17,19H,9-10H2. The van der Waals surface area contributed by atoms with E-state index in [9.17, 15) is 0 Å². The van der Waals surface area contributed by atoms with Gasteiger partial charge in [0.1, 0.15) is 0 Å². The summed E-state index contributed by atoms with van der Waals surface area (Å²) in [7, 11) is 0. The number of para-hydroxylation sites is 1. The molecule has 2 heterocycles. The Hall–Kier alpha value is -1.58. The maximum atomic E-state index is 3.64. The molecule has 0 spiro atoms. The van der Waals surface area contributed by atoms with Gasteiger partial charge in [-0.25, -0.2) is 0 Å². The molecular weight excluding hydrogens is 312 g/mol. The zero-order valence-electron chi connectivity index (χ0n) is 11.0. The topological polar surface area (TPSA) is 17.0 Å². The van der Waals surface area contributed by atoms with Gasteiger partial charge in [-0.2, -0.15) is 0 Å². The van der Waals surface area contributed by atoms with Crippen LogP contribution in [0.15, 0.2) is 59.1 Å². The van der Waals surface area contributed by atoms with Gasteiger partial charge in [0.25, 0.3) is 0 Å². The van der Waals surface area contributed by atoms with E-state index in [-0.39, 0.29) is 6.04 Å². The second-order valence-corrected chi connectivity index (χ2v) is 6.13. The summed E-state index contributed by atoms with van der Waals surface area (Å²) < 4.78 is 3.57. The van der Waals surface area contributed by atoms with Crippen molar-refractivity contribution in [3.05, 3.63) is 70.3 Å². The number of aromatic nitrogens is 1. The molecule has 1 unspecified atom stereocenters. The molecule has 0 radical (unpaired) electrons. The summed E-state index contributed by atoms with van der Waals surface area (Å²) in [6.45, 7) is 2.04. The Morgan fingerprint density at radius 1 is 1.05 bits per heavy atom. The number of fused-ring (bicyclic) bond motifs is 3. The van der Waals surface area contributed by atoms with Crippen LogP contribution in [0, 0.1) is 0 Å². The minimum Gasteiger partial charge on any atom is -0.341 e. The van der Waals surface area contributed by atoms with Crippen LogP contribution in [0.3, 0.4) is 0 Å². The summed E-state index contributed by atoms with van der Waals surface area (Å²) in [6, 6.07) is 19.8. The lowest BCUT2D eigenvalue weighted by atomic mass is 10.0. The SMILES string of the molecule is Brc1ccc(C2NCCn3c2cc2ccccc23)cc1. The van der Waals surface area contributed by atoms with Gasteiger partial charge in [-0.15, -0.1) is 0 Å². The molecular formula is C17H15BrN2. The van der Waals surface area contributed by atoms with Crippen molar-refractivity contribution in [2.45, 2.75) is 12.6 Å². The van der Waals surface area contributed by atoms with Crippen molar-refractivity contribution in [1.82, 2.24) is 9.88 Å². The number of halogens is 1. The highest BCUT2D eigenvalue weighted by molar-refractivity contribution is 9.10. The zero-order chi connectivity index (χ0) is 13.5. The van der Waals surface area contributed by atoms with Gasteiger partial charge < -0.3 is 9.88 Å². The Labute approximate surface area is 126 Å². The Morgan fingerprint density at radius 2 is 1.85 bits per heavy atom. The van der Waals surface area contributed by atoms with Crippen LogP contribution in [0.4, 0.5) is 0 Å². The molecule has 100 valence electrons. The highest BCUT2D eigenvalue weighted by atomic mass is 79.9. The van der Waals surface area contributed by atoms with Crippen LogP contribution in [-0.4, -0.2) is 11.1 Å². The van der Waals surface area contributed by atoms with Crippen molar-refractivity contribution in [3.8, 4) is 0 Å². The van der Waals surface area contributed by atoms with Crippen LogP contribution < -0.4 is 5.32 Å². The van der Waals surface area contributed by atoms with Crippen molar-refractivity contribution >= 4 is 26.8 Å². The molecule has 0 saturated heterocycles. The fraction of sp³-hybridized carbons (Fsp3) is 0.176. The van der Waals surface area contributed by atoms with E-state index in [0.29, 0.717) is 0 Å². The second-order valence-electron chi connectivity index (χ2n) is 5.22. The normalized spacial score (nSPS) is 18.1. The molecule has 3 heteroatoms. The molecule has 0 aliphatic carbocycles. The number of nitrogens with zero attached hydrogens (tertiary/aromatic N) is 1. The van der Waals surface area contributed by atoms with Crippen molar-refractivity contribution in [2.75, 3.05) is 6.54 Å². The predicted octanol–water partition coefficient (Wildman–Crippen LogP) is 4.10. The average molecular weight is 327 g/mol. The molecule has 0 fully saturated rings. The number of nitrogens with one attached hydrogen (secondary N) is 1. The maximum Gasteiger partial charge on any atom is 0.0732 e. The number of hydrogen-bond acceptors (Lipinski definition) is 1. The van der Waals surface area contributed by atoms with Gasteiger partial charge in [-0.05, 0) is 35.2 Å². The monoisotopic (exact) mass is 326 g/mol. The minimum atomic E-state index is 0.282.